The maximum Gasteiger partial charge on any atom is 0.312 e. The molecule has 0 spiro atoms. The van der Waals surface area contributed by atoms with Crippen molar-refractivity contribution in [2.75, 3.05) is 0 Å². The van der Waals surface area contributed by atoms with E-state index in [1.54, 1.807) is 0 Å². The van der Waals surface area contributed by atoms with E-state index in [-0.39, 0.29) is 6.04 Å². The molecule has 150 valence electrons. The van der Waals surface area contributed by atoms with Crippen LogP contribution in [0.1, 0.15) is 42.7 Å². The number of piperidine rings is 1. The molecule has 3 heterocycles. The van der Waals surface area contributed by atoms with E-state index < -0.39 is 6.03 Å². The largest absolute Gasteiger partial charge is 0.440 e. The van der Waals surface area contributed by atoms with Gasteiger partial charge in [0.2, 0.25) is 0 Å². The zero-order valence-corrected chi connectivity index (χ0v) is 16.4. The maximum absolute atomic E-state index is 11.2. The molecule has 1 aromatic heterocycles. The van der Waals surface area contributed by atoms with Gasteiger partial charge in [0.1, 0.15) is 5.52 Å². The smallest absolute Gasteiger partial charge is 0.312 e. The zero-order valence-electron chi connectivity index (χ0n) is 16.4. The van der Waals surface area contributed by atoms with E-state index in [2.05, 4.69) is 39.5 Å². The minimum absolute atomic E-state index is 0.222. The van der Waals surface area contributed by atoms with Gasteiger partial charge in [-0.1, -0.05) is 36.4 Å². The first-order chi connectivity index (χ1) is 14.1. The quantitative estimate of drug-likeness (QED) is 0.697. The molecule has 2 aromatic carbocycles. The highest BCUT2D eigenvalue weighted by Gasteiger charge is 2.40. The van der Waals surface area contributed by atoms with Crippen LogP contribution in [0.3, 0.4) is 0 Å². The third-order valence-electron chi connectivity index (χ3n) is 6.31. The van der Waals surface area contributed by atoms with E-state index in [1.165, 1.54) is 24.0 Å². The molecule has 29 heavy (non-hydrogen) atoms. The van der Waals surface area contributed by atoms with Crippen molar-refractivity contribution in [3.63, 3.8) is 0 Å². The number of fused-ring (bicyclic) bond motifs is 3. The Bertz CT molecular complexity index is 966. The number of para-hydroxylation sites is 2. The second kappa shape index (κ2) is 7.52. The van der Waals surface area contributed by atoms with Crippen LogP contribution in [-0.4, -0.2) is 34.0 Å². The molecule has 0 radical (unpaired) electrons. The van der Waals surface area contributed by atoms with Crippen molar-refractivity contribution in [2.45, 2.75) is 56.8 Å². The molecule has 6 nitrogen and oxygen atoms in total. The third kappa shape index (κ3) is 3.85. The van der Waals surface area contributed by atoms with Crippen LogP contribution < -0.4 is 11.1 Å². The second-order valence-electron chi connectivity index (χ2n) is 8.30. The fraction of sp³-hybridized carbons (Fsp3) is 0.391. The van der Waals surface area contributed by atoms with E-state index in [0.717, 1.165) is 36.4 Å². The highest BCUT2D eigenvalue weighted by molar-refractivity contribution is 5.72. The monoisotopic (exact) mass is 390 g/mol. The van der Waals surface area contributed by atoms with Gasteiger partial charge in [-0.3, -0.25) is 4.90 Å². The first-order valence-electron chi connectivity index (χ1n) is 10.4. The number of oxazole rings is 1. The minimum Gasteiger partial charge on any atom is -0.440 e. The van der Waals surface area contributed by atoms with Crippen molar-refractivity contribution in [1.82, 2.24) is 15.2 Å². The van der Waals surface area contributed by atoms with Gasteiger partial charge >= 0.3 is 6.03 Å². The number of carbonyl (C=O) groups is 1. The molecule has 3 atom stereocenters. The summed E-state index contributed by atoms with van der Waals surface area (Å²) in [5, 5.41) is 2.90. The summed E-state index contributed by atoms with van der Waals surface area (Å²) >= 11 is 0. The molecule has 2 aliphatic heterocycles. The first kappa shape index (κ1) is 18.2. The van der Waals surface area contributed by atoms with E-state index in [4.69, 9.17) is 10.2 Å². The van der Waals surface area contributed by atoms with E-state index in [1.807, 2.05) is 24.3 Å². The lowest BCUT2D eigenvalue weighted by molar-refractivity contribution is 0.112. The van der Waals surface area contributed by atoms with Crippen LogP contribution >= 0.6 is 0 Å². The molecule has 2 saturated heterocycles. The summed E-state index contributed by atoms with van der Waals surface area (Å²) in [6.07, 6.45) is 5.10. The standard InChI is InChI=1S/C23H26N4O2/c24-23(28)25-17-12-18-9-10-19(13-17)27(18)14-16-7-5-15(6-8-16)11-22-26-20-3-1-2-4-21(20)29-22/h1-8,17-19H,9-14H2,(H3,24,25,28)/t17?,18-,19+. The van der Waals surface area contributed by atoms with Crippen molar-refractivity contribution < 1.29 is 9.21 Å². The Morgan fingerprint density at radius 1 is 1.07 bits per heavy atom. The lowest BCUT2D eigenvalue weighted by Gasteiger charge is -2.39. The topological polar surface area (TPSA) is 84.4 Å². The number of nitrogens with two attached hydrogens (primary N) is 1. The SMILES string of the molecule is NC(=O)NC1C[C@H]2CC[C@@H](C1)N2Cc1ccc(Cc2nc3ccccc3o2)cc1. The maximum atomic E-state index is 11.2. The van der Waals surface area contributed by atoms with Crippen LogP contribution in [0.2, 0.25) is 0 Å². The Balaban J connectivity index is 1.22. The molecule has 3 aromatic rings. The molecule has 1 unspecified atom stereocenters. The Morgan fingerprint density at radius 3 is 2.45 bits per heavy atom. The van der Waals surface area contributed by atoms with E-state index in [9.17, 15) is 4.79 Å². The van der Waals surface area contributed by atoms with E-state index in [0.29, 0.717) is 18.5 Å². The van der Waals surface area contributed by atoms with Gasteiger partial charge in [0.05, 0.1) is 0 Å². The Kier molecular flexibility index (Phi) is 4.72. The summed E-state index contributed by atoms with van der Waals surface area (Å²) in [7, 11) is 0. The van der Waals surface area contributed by atoms with Gasteiger partial charge < -0.3 is 15.5 Å². The number of nitrogens with one attached hydrogen (secondary N) is 1. The van der Waals surface area contributed by atoms with Gasteiger partial charge in [-0.2, -0.15) is 0 Å². The number of rotatable bonds is 5. The molecule has 6 heteroatoms. The summed E-state index contributed by atoms with van der Waals surface area (Å²) in [6.45, 7) is 0.960. The van der Waals surface area contributed by atoms with Crippen LogP contribution in [0.25, 0.3) is 11.1 Å². The molecule has 0 saturated carbocycles. The van der Waals surface area contributed by atoms with Crippen LogP contribution in [-0.2, 0) is 13.0 Å². The normalized spacial score (nSPS) is 24.1. The fourth-order valence-electron chi connectivity index (χ4n) is 4.99. The highest BCUT2D eigenvalue weighted by atomic mass is 16.3. The minimum atomic E-state index is -0.405. The molecule has 3 N–H and O–H groups in total. The number of nitrogens with zero attached hydrogens (tertiary/aromatic N) is 2. The summed E-state index contributed by atoms with van der Waals surface area (Å²) in [5.41, 5.74) is 9.58. The third-order valence-corrected chi connectivity index (χ3v) is 6.31. The van der Waals surface area contributed by atoms with Crippen molar-refractivity contribution in [1.29, 1.82) is 0 Å². The molecular formula is C23H26N4O2. The second-order valence-corrected chi connectivity index (χ2v) is 8.30. The Hall–Kier alpha value is -2.86. The summed E-state index contributed by atoms with van der Waals surface area (Å²) in [5.74, 6) is 0.751. The Labute approximate surface area is 170 Å². The van der Waals surface area contributed by atoms with Crippen LogP contribution in [0, 0.1) is 0 Å². The lowest BCUT2D eigenvalue weighted by atomic mass is 9.96. The molecule has 0 aliphatic carbocycles. The average molecular weight is 390 g/mol. The molecule has 2 aliphatic rings. The van der Waals surface area contributed by atoms with Gasteiger partial charge in [-0.05, 0) is 48.9 Å². The predicted molar refractivity (Wildman–Crippen MR) is 111 cm³/mol. The van der Waals surface area contributed by atoms with Gasteiger partial charge in [-0.15, -0.1) is 0 Å². The van der Waals surface area contributed by atoms with Crippen molar-refractivity contribution in [3.05, 3.63) is 65.5 Å². The average Bonchev–Trinajstić information content (AvgIpc) is 3.20. The van der Waals surface area contributed by atoms with E-state index >= 15 is 0 Å². The van der Waals surface area contributed by atoms with Crippen molar-refractivity contribution in [3.8, 4) is 0 Å². The van der Waals surface area contributed by atoms with Gasteiger partial charge in [0, 0.05) is 31.1 Å². The number of hydrogen-bond donors (Lipinski definition) is 2. The zero-order chi connectivity index (χ0) is 19.8. The van der Waals surface area contributed by atoms with Gasteiger partial charge in [0.25, 0.3) is 0 Å². The number of benzene rings is 2. The summed E-state index contributed by atoms with van der Waals surface area (Å²) in [4.78, 5) is 18.3. The number of primary amides is 1. The molecular weight excluding hydrogens is 364 g/mol. The van der Waals surface area contributed by atoms with Crippen LogP contribution in [0.4, 0.5) is 4.79 Å². The van der Waals surface area contributed by atoms with Crippen molar-refractivity contribution in [2.24, 2.45) is 5.73 Å². The van der Waals surface area contributed by atoms with Crippen LogP contribution in [0.15, 0.2) is 52.9 Å². The number of carbonyl (C=O) groups excluding carboxylic acids is 1. The number of aromatic nitrogens is 1. The van der Waals surface area contributed by atoms with Gasteiger partial charge in [-0.25, -0.2) is 9.78 Å². The summed E-state index contributed by atoms with van der Waals surface area (Å²) in [6, 6.07) is 17.5. The van der Waals surface area contributed by atoms with Crippen LogP contribution in [0.5, 0.6) is 0 Å². The van der Waals surface area contributed by atoms with Gasteiger partial charge in [0.15, 0.2) is 11.5 Å². The predicted octanol–water partition coefficient (Wildman–Crippen LogP) is 3.58. The fourth-order valence-corrected chi connectivity index (χ4v) is 4.99. The molecule has 5 rings (SSSR count). The lowest BCUT2D eigenvalue weighted by Crippen LogP contribution is -2.51. The summed E-state index contributed by atoms with van der Waals surface area (Å²) < 4.78 is 5.84. The number of urea groups is 1. The molecule has 2 amide bonds. The highest BCUT2D eigenvalue weighted by Crippen LogP contribution is 2.36. The Morgan fingerprint density at radius 2 is 1.76 bits per heavy atom. The number of hydrogen-bond acceptors (Lipinski definition) is 4. The molecule has 2 bridgehead atoms. The van der Waals surface area contributed by atoms with Crippen molar-refractivity contribution >= 4 is 17.1 Å². The molecule has 2 fully saturated rings. The number of amides is 2. The first-order valence-corrected chi connectivity index (χ1v) is 10.4.